The van der Waals surface area contributed by atoms with E-state index in [0.29, 0.717) is 4.47 Å². The molecule has 0 heterocycles. The Balaban J connectivity index is -0.000000524. The van der Waals surface area contributed by atoms with Gasteiger partial charge >= 0.3 is 36.4 Å². The van der Waals surface area contributed by atoms with Gasteiger partial charge in [0.15, 0.2) is 0 Å². The highest BCUT2D eigenvalue weighted by atomic mass is 79.9. The molecule has 0 saturated heterocycles. The second-order valence-corrected chi connectivity index (χ2v) is 9.86. The van der Waals surface area contributed by atoms with Crippen molar-refractivity contribution in [2.24, 2.45) is 0 Å². The number of para-hydroxylation sites is 2. The number of ether oxygens (including phenoxy) is 1. The Morgan fingerprint density at radius 1 is 0.733 bits per heavy atom. The topological polar surface area (TPSA) is 102 Å². The van der Waals surface area contributed by atoms with Gasteiger partial charge in [-0.05, 0) is 75.8 Å². The fraction of sp³-hybridized carbons (Fsp3) is 0.400. The molecular weight excluding hydrogens is 808 g/mol. The number of hydrogen-bond donors (Lipinski definition) is 2. The Bertz CT molecular complexity index is 1100. The average molecular weight is 836 g/mol. The molecule has 7 nitrogen and oxygen atoms in total. The fourth-order valence-corrected chi connectivity index (χ4v) is 2.77. The molecular formula is C25H28Br2Cl2F9N3O4. The van der Waals surface area contributed by atoms with Gasteiger partial charge in [0.05, 0.1) is 11.0 Å². The van der Waals surface area contributed by atoms with E-state index in [4.69, 9.17) is 28.9 Å². The first-order valence-electron chi connectivity index (χ1n) is 11.9. The molecule has 2 aromatic rings. The monoisotopic (exact) mass is 833 g/mol. The second kappa shape index (κ2) is 24.0. The van der Waals surface area contributed by atoms with Crippen molar-refractivity contribution in [3.8, 4) is 0 Å². The van der Waals surface area contributed by atoms with Crippen LogP contribution < -0.4 is 11.1 Å². The van der Waals surface area contributed by atoms with E-state index in [9.17, 15) is 53.9 Å². The number of halogens is 13. The summed E-state index contributed by atoms with van der Waals surface area (Å²) in [6, 6.07) is 13.7. The predicted molar refractivity (Wildman–Crippen MR) is 161 cm³/mol. The van der Waals surface area contributed by atoms with E-state index < -0.39 is 36.4 Å². The molecule has 0 saturated carbocycles. The van der Waals surface area contributed by atoms with Crippen LogP contribution in [0.1, 0.15) is 20.8 Å². The van der Waals surface area contributed by atoms with Crippen LogP contribution in [0.25, 0.3) is 0 Å². The molecule has 0 fully saturated rings. The number of nitrogen functional groups attached to an aromatic ring is 1. The lowest BCUT2D eigenvalue weighted by atomic mass is 10.3. The van der Waals surface area contributed by atoms with Gasteiger partial charge in [-0.25, -0.2) is 9.59 Å². The molecule has 258 valence electrons. The van der Waals surface area contributed by atoms with E-state index in [1.54, 1.807) is 11.4 Å². The lowest BCUT2D eigenvalue weighted by molar-refractivity contribution is -0.221. The van der Waals surface area contributed by atoms with Crippen LogP contribution in [0.3, 0.4) is 0 Å². The molecule has 1 amide bonds. The number of nitrogens with two attached hydrogens (primary N) is 1. The van der Waals surface area contributed by atoms with Crippen molar-refractivity contribution >= 4 is 84.3 Å². The Hall–Kier alpha value is -2.28. The van der Waals surface area contributed by atoms with Crippen LogP contribution >= 0.6 is 55.1 Å². The molecule has 0 aliphatic heterocycles. The third kappa shape index (κ3) is 24.6. The third-order valence-electron chi connectivity index (χ3n) is 4.27. The van der Waals surface area contributed by atoms with Gasteiger partial charge in [0.1, 0.15) is 0 Å². The van der Waals surface area contributed by atoms with Gasteiger partial charge in [0.2, 0.25) is 0 Å². The molecule has 0 aliphatic rings. The summed E-state index contributed by atoms with van der Waals surface area (Å²) in [5, 5.41) is 1.93. The number of anilines is 2. The summed E-state index contributed by atoms with van der Waals surface area (Å²) >= 11 is 15.8. The number of hydrogen-bond acceptors (Lipinski definition) is 6. The number of carbonyl (C=O) groups excluding carboxylic acids is 3. The first-order chi connectivity index (χ1) is 20.5. The molecule has 20 heteroatoms. The van der Waals surface area contributed by atoms with Crippen molar-refractivity contribution in [3.63, 3.8) is 0 Å². The van der Waals surface area contributed by atoms with Crippen LogP contribution in [0, 0.1) is 0 Å². The smallest absolute Gasteiger partial charge is 0.398 e. The molecule has 0 radical (unpaired) electrons. The van der Waals surface area contributed by atoms with Crippen LogP contribution in [-0.2, 0) is 19.1 Å². The van der Waals surface area contributed by atoms with Crippen molar-refractivity contribution in [1.82, 2.24) is 4.90 Å². The standard InChI is InChI=1S/C8H5BrF3NO.C6H6BrN.C6H15N.C4F6O3.CH2Cl2/c9-5-3-1-2-4-6(5)13-7(14)8(10,11)12;7-5-3-1-2-4-6(5)8;1-4-7(5-2)6-3;5-3(6,7)1(11)13-2(12)4(8,9)10;2-1-3/h1-4H,(H,13,14);1-4H,8H2;4-6H2,1-3H3;;1H2. The summed E-state index contributed by atoms with van der Waals surface area (Å²) in [6.07, 6.45) is -16.1. The molecule has 2 rings (SSSR count). The number of nitrogens with zero attached hydrogens (tertiary/aromatic N) is 1. The van der Waals surface area contributed by atoms with Gasteiger partial charge in [0.25, 0.3) is 0 Å². The van der Waals surface area contributed by atoms with E-state index in [0.717, 1.165) is 10.2 Å². The number of amides is 1. The number of nitrogens with one attached hydrogen (secondary N) is 1. The maximum Gasteiger partial charge on any atom is 0.491 e. The minimum Gasteiger partial charge on any atom is -0.398 e. The van der Waals surface area contributed by atoms with Crippen LogP contribution in [0.15, 0.2) is 57.5 Å². The minimum absolute atomic E-state index is 0.0924. The van der Waals surface area contributed by atoms with E-state index in [2.05, 4.69) is 62.3 Å². The molecule has 0 aromatic heterocycles. The zero-order valence-electron chi connectivity index (χ0n) is 23.5. The Morgan fingerprint density at radius 2 is 1.09 bits per heavy atom. The highest BCUT2D eigenvalue weighted by molar-refractivity contribution is 9.11. The Kier molecular flexibility index (Phi) is 25.1. The van der Waals surface area contributed by atoms with Crippen molar-refractivity contribution < 1.29 is 58.6 Å². The van der Waals surface area contributed by atoms with E-state index in [1.807, 2.05) is 24.3 Å². The molecule has 2 aromatic carbocycles. The van der Waals surface area contributed by atoms with E-state index in [1.165, 1.54) is 37.8 Å². The van der Waals surface area contributed by atoms with Crippen LogP contribution in [-0.4, -0.2) is 66.2 Å². The summed E-state index contributed by atoms with van der Waals surface area (Å²) in [6.45, 7) is 10.1. The van der Waals surface area contributed by atoms with Crippen LogP contribution in [0.5, 0.6) is 0 Å². The molecule has 0 spiro atoms. The van der Waals surface area contributed by atoms with Gasteiger partial charge in [-0.1, -0.05) is 45.0 Å². The van der Waals surface area contributed by atoms with Gasteiger partial charge in [-0.2, -0.15) is 39.5 Å². The van der Waals surface area contributed by atoms with Crippen molar-refractivity contribution in [2.75, 3.05) is 36.0 Å². The highest BCUT2D eigenvalue weighted by Gasteiger charge is 2.49. The van der Waals surface area contributed by atoms with E-state index >= 15 is 0 Å². The third-order valence-corrected chi connectivity index (χ3v) is 5.69. The largest absolute Gasteiger partial charge is 0.491 e. The van der Waals surface area contributed by atoms with Crippen molar-refractivity contribution in [2.45, 2.75) is 39.3 Å². The summed E-state index contributed by atoms with van der Waals surface area (Å²) in [5.74, 6) is -8.38. The number of esters is 2. The molecule has 0 aliphatic carbocycles. The predicted octanol–water partition coefficient (Wildman–Crippen LogP) is 8.93. The lowest BCUT2D eigenvalue weighted by Crippen LogP contribution is -2.34. The average Bonchev–Trinajstić information content (AvgIpc) is 2.92. The normalized spacial score (nSPS) is 10.7. The molecule has 3 N–H and O–H groups in total. The molecule has 0 unspecified atom stereocenters. The summed E-state index contributed by atoms with van der Waals surface area (Å²) < 4.78 is 107. The van der Waals surface area contributed by atoms with Crippen molar-refractivity contribution in [1.29, 1.82) is 0 Å². The maximum absolute atomic E-state index is 11.8. The second-order valence-electron chi connectivity index (χ2n) is 7.35. The summed E-state index contributed by atoms with van der Waals surface area (Å²) in [7, 11) is 0. The summed E-state index contributed by atoms with van der Waals surface area (Å²) in [4.78, 5) is 32.2. The van der Waals surface area contributed by atoms with Gasteiger partial charge in [-0.3, -0.25) is 4.79 Å². The highest BCUT2D eigenvalue weighted by Crippen LogP contribution is 2.24. The van der Waals surface area contributed by atoms with Crippen LogP contribution in [0.2, 0.25) is 0 Å². The number of carbonyl (C=O) groups is 3. The number of alkyl halides is 11. The molecule has 0 bridgehead atoms. The quantitative estimate of drug-likeness (QED) is 0.105. The van der Waals surface area contributed by atoms with Gasteiger partial charge in [-0.15, -0.1) is 23.2 Å². The lowest BCUT2D eigenvalue weighted by Gasteiger charge is -2.13. The van der Waals surface area contributed by atoms with Gasteiger partial charge in [0, 0.05) is 14.6 Å². The zero-order valence-corrected chi connectivity index (χ0v) is 28.2. The maximum atomic E-state index is 11.8. The Morgan fingerprint density at radius 3 is 1.33 bits per heavy atom. The first kappa shape index (κ1) is 47.1. The number of benzene rings is 2. The minimum atomic E-state index is -5.62. The number of rotatable bonds is 4. The SMILES string of the molecule is CCN(CC)CC.ClCCl.Nc1ccccc1Br.O=C(Nc1ccccc1Br)C(F)(F)F.O=C(OC(=O)C(F)(F)F)C(F)(F)F. The fourth-order valence-electron chi connectivity index (χ4n) is 2.10. The molecule has 45 heavy (non-hydrogen) atoms. The first-order valence-corrected chi connectivity index (χ1v) is 14.6. The molecule has 0 atom stereocenters. The van der Waals surface area contributed by atoms with Gasteiger partial charge < -0.3 is 20.7 Å². The zero-order chi connectivity index (χ0) is 36.0. The van der Waals surface area contributed by atoms with Crippen LogP contribution in [0.4, 0.5) is 50.9 Å². The van der Waals surface area contributed by atoms with Crippen molar-refractivity contribution in [3.05, 3.63) is 57.5 Å². The van der Waals surface area contributed by atoms with E-state index in [-0.39, 0.29) is 11.0 Å². The Labute approximate surface area is 279 Å². The summed E-state index contributed by atoms with van der Waals surface area (Å²) in [5.41, 5.74) is 6.35.